The molecule has 32 heavy (non-hydrogen) atoms. The Morgan fingerprint density at radius 3 is 2.69 bits per heavy atom. The molecule has 3 aromatic rings. The van der Waals surface area contributed by atoms with Crippen molar-refractivity contribution in [3.05, 3.63) is 71.9 Å². The average molecular weight is 453 g/mol. The molecule has 2 aromatic carbocycles. The van der Waals surface area contributed by atoms with Gasteiger partial charge in [-0.05, 0) is 31.4 Å². The fourth-order valence-electron chi connectivity index (χ4n) is 4.14. The molecular formula is C24H28N4O3S. The second-order valence-corrected chi connectivity index (χ2v) is 10.3. The fourth-order valence-corrected chi connectivity index (χ4v) is 5.32. The first-order chi connectivity index (χ1) is 15.5. The maximum Gasteiger partial charge on any atom is 0.244 e. The monoisotopic (exact) mass is 452 g/mol. The van der Waals surface area contributed by atoms with Gasteiger partial charge in [0.15, 0.2) is 0 Å². The number of rotatable bonds is 7. The number of benzene rings is 2. The van der Waals surface area contributed by atoms with Gasteiger partial charge in [-0.3, -0.25) is 4.79 Å². The first kappa shape index (κ1) is 22.2. The highest BCUT2D eigenvalue weighted by Gasteiger charge is 2.31. The molecule has 1 atom stereocenters. The molecule has 0 aliphatic carbocycles. The summed E-state index contributed by atoms with van der Waals surface area (Å²) in [6.07, 6.45) is 5.02. The molecule has 1 aromatic heterocycles. The Labute approximate surface area is 188 Å². The lowest BCUT2D eigenvalue weighted by Gasteiger charge is -2.30. The first-order valence-corrected chi connectivity index (χ1v) is 12.5. The molecule has 1 unspecified atom stereocenters. The fraction of sp³-hybridized carbons (Fsp3) is 0.333. The van der Waals surface area contributed by atoms with Crippen molar-refractivity contribution in [3.8, 4) is 0 Å². The summed E-state index contributed by atoms with van der Waals surface area (Å²) in [5.41, 5.74) is 5.82. The Balaban J connectivity index is 1.46. The number of carbonyl (C=O) groups excluding carboxylic acids is 1. The van der Waals surface area contributed by atoms with Crippen LogP contribution < -0.4 is 5.43 Å². The smallest absolute Gasteiger partial charge is 0.244 e. The van der Waals surface area contributed by atoms with Gasteiger partial charge in [-0.25, -0.2) is 18.1 Å². The Bertz CT molecular complexity index is 1220. The standard InChI is InChI=1S/C24H28N4O3S/c1-2-32(30,31)28-14-8-11-20(18-28)24(29)26-25-15-21-17-27(16-19-9-4-3-5-10-19)23-13-7-6-12-22(21)23/h3-7,9-10,12-13,15,17,20H,2,8,11,14,16,18H2,1H3,(H,26,29). The van der Waals surface area contributed by atoms with Gasteiger partial charge < -0.3 is 4.57 Å². The van der Waals surface area contributed by atoms with Crippen LogP contribution in [0.25, 0.3) is 10.9 Å². The summed E-state index contributed by atoms with van der Waals surface area (Å²) in [5, 5.41) is 5.24. The van der Waals surface area contributed by atoms with Crippen LogP contribution in [0.3, 0.4) is 0 Å². The third kappa shape index (κ3) is 4.92. The summed E-state index contributed by atoms with van der Waals surface area (Å²) >= 11 is 0. The number of para-hydroxylation sites is 1. The molecule has 2 heterocycles. The zero-order chi connectivity index (χ0) is 22.6. The maximum absolute atomic E-state index is 12.6. The number of sulfonamides is 1. The van der Waals surface area contributed by atoms with Gasteiger partial charge >= 0.3 is 0 Å². The van der Waals surface area contributed by atoms with Gasteiger partial charge in [0.05, 0.1) is 17.9 Å². The van der Waals surface area contributed by atoms with Gasteiger partial charge in [0.1, 0.15) is 0 Å². The quantitative estimate of drug-likeness (QED) is 0.441. The van der Waals surface area contributed by atoms with Gasteiger partial charge in [-0.2, -0.15) is 5.10 Å². The minimum Gasteiger partial charge on any atom is -0.342 e. The summed E-state index contributed by atoms with van der Waals surface area (Å²) in [4.78, 5) is 12.6. The molecule has 0 bridgehead atoms. The van der Waals surface area contributed by atoms with E-state index in [1.54, 1.807) is 13.1 Å². The second-order valence-electron chi connectivity index (χ2n) is 8.05. The predicted octanol–water partition coefficient (Wildman–Crippen LogP) is 3.20. The highest BCUT2D eigenvalue weighted by atomic mass is 32.2. The maximum atomic E-state index is 12.6. The van der Waals surface area contributed by atoms with Crippen molar-refractivity contribution in [2.75, 3.05) is 18.8 Å². The predicted molar refractivity (Wildman–Crippen MR) is 127 cm³/mol. The Kier molecular flexibility index (Phi) is 6.72. The number of hydrogen-bond donors (Lipinski definition) is 1. The van der Waals surface area contributed by atoms with Crippen molar-refractivity contribution in [1.29, 1.82) is 0 Å². The molecule has 7 nitrogen and oxygen atoms in total. The largest absolute Gasteiger partial charge is 0.342 e. The minimum atomic E-state index is -3.29. The van der Waals surface area contributed by atoms with Crippen molar-refractivity contribution in [3.63, 3.8) is 0 Å². The van der Waals surface area contributed by atoms with Crippen LogP contribution >= 0.6 is 0 Å². The van der Waals surface area contributed by atoms with E-state index in [4.69, 9.17) is 0 Å². The number of hydrogen-bond acceptors (Lipinski definition) is 4. The molecule has 1 aliphatic rings. The van der Waals surface area contributed by atoms with Crippen LogP contribution in [-0.4, -0.2) is 48.3 Å². The lowest BCUT2D eigenvalue weighted by Crippen LogP contribution is -2.45. The molecule has 1 amide bonds. The Morgan fingerprint density at radius 2 is 1.91 bits per heavy atom. The molecule has 1 saturated heterocycles. The number of nitrogens with one attached hydrogen (secondary N) is 1. The zero-order valence-corrected chi connectivity index (χ0v) is 19.0. The molecule has 0 saturated carbocycles. The number of hydrazone groups is 1. The van der Waals surface area contributed by atoms with E-state index in [-0.39, 0.29) is 24.1 Å². The molecule has 0 radical (unpaired) electrons. The molecule has 168 valence electrons. The van der Waals surface area contributed by atoms with Gasteiger partial charge in [-0.1, -0.05) is 48.5 Å². The highest BCUT2D eigenvalue weighted by molar-refractivity contribution is 7.89. The zero-order valence-electron chi connectivity index (χ0n) is 18.1. The van der Waals surface area contributed by atoms with Crippen molar-refractivity contribution in [2.24, 2.45) is 11.0 Å². The molecule has 1 aliphatic heterocycles. The normalized spacial score (nSPS) is 17.7. The van der Waals surface area contributed by atoms with E-state index in [9.17, 15) is 13.2 Å². The number of carbonyl (C=O) groups is 1. The molecular weight excluding hydrogens is 424 g/mol. The van der Waals surface area contributed by atoms with E-state index in [0.717, 1.165) is 23.0 Å². The number of nitrogens with zero attached hydrogens (tertiary/aromatic N) is 3. The van der Waals surface area contributed by atoms with E-state index in [0.29, 0.717) is 19.4 Å². The van der Waals surface area contributed by atoms with Crippen LogP contribution in [-0.2, 0) is 21.4 Å². The van der Waals surface area contributed by atoms with E-state index in [2.05, 4.69) is 33.3 Å². The average Bonchev–Trinajstić information content (AvgIpc) is 3.17. The number of fused-ring (bicyclic) bond motifs is 1. The van der Waals surface area contributed by atoms with Crippen LogP contribution in [0.4, 0.5) is 0 Å². The molecule has 1 fully saturated rings. The minimum absolute atomic E-state index is 0.0482. The topological polar surface area (TPSA) is 83.8 Å². The molecule has 8 heteroatoms. The summed E-state index contributed by atoms with van der Waals surface area (Å²) in [6, 6.07) is 18.3. The number of amides is 1. The molecule has 1 N–H and O–H groups in total. The van der Waals surface area contributed by atoms with Crippen LogP contribution in [0, 0.1) is 5.92 Å². The lowest BCUT2D eigenvalue weighted by atomic mass is 9.99. The van der Waals surface area contributed by atoms with Crippen molar-refractivity contribution in [1.82, 2.24) is 14.3 Å². The molecule has 4 rings (SSSR count). The third-order valence-corrected chi connectivity index (χ3v) is 7.75. The summed E-state index contributed by atoms with van der Waals surface area (Å²) in [6.45, 7) is 3.06. The second kappa shape index (κ2) is 9.67. The van der Waals surface area contributed by atoms with E-state index in [1.807, 2.05) is 42.6 Å². The number of piperidine rings is 1. The van der Waals surface area contributed by atoms with Gasteiger partial charge in [0, 0.05) is 42.3 Å². The summed E-state index contributed by atoms with van der Waals surface area (Å²) in [5.74, 6) is -0.584. The Hall–Kier alpha value is -2.97. The van der Waals surface area contributed by atoms with E-state index < -0.39 is 10.0 Å². The molecule has 0 spiro atoms. The summed E-state index contributed by atoms with van der Waals surface area (Å²) < 4.78 is 27.9. The Morgan fingerprint density at radius 1 is 1.16 bits per heavy atom. The SMILES string of the molecule is CCS(=O)(=O)N1CCCC(C(=O)NN=Cc2cn(Cc3ccccc3)c3ccccc23)C1. The van der Waals surface area contributed by atoms with Crippen molar-refractivity contribution in [2.45, 2.75) is 26.3 Å². The van der Waals surface area contributed by atoms with Gasteiger partial charge in [-0.15, -0.1) is 0 Å². The van der Waals surface area contributed by atoms with Crippen LogP contribution in [0.1, 0.15) is 30.9 Å². The first-order valence-electron chi connectivity index (χ1n) is 10.9. The van der Waals surface area contributed by atoms with Gasteiger partial charge in [0.25, 0.3) is 0 Å². The van der Waals surface area contributed by atoms with Crippen LogP contribution in [0.15, 0.2) is 65.9 Å². The van der Waals surface area contributed by atoms with Gasteiger partial charge in [0.2, 0.25) is 15.9 Å². The van der Waals surface area contributed by atoms with E-state index >= 15 is 0 Å². The third-order valence-electron chi connectivity index (χ3n) is 5.91. The van der Waals surface area contributed by atoms with Crippen molar-refractivity contribution >= 4 is 33.0 Å². The number of aromatic nitrogens is 1. The lowest BCUT2D eigenvalue weighted by molar-refractivity contribution is -0.126. The van der Waals surface area contributed by atoms with E-state index in [1.165, 1.54) is 9.87 Å². The highest BCUT2D eigenvalue weighted by Crippen LogP contribution is 2.22. The van der Waals surface area contributed by atoms with Crippen LogP contribution in [0.5, 0.6) is 0 Å². The van der Waals surface area contributed by atoms with Crippen molar-refractivity contribution < 1.29 is 13.2 Å². The summed E-state index contributed by atoms with van der Waals surface area (Å²) in [7, 11) is -3.29. The van der Waals surface area contributed by atoms with Crippen LogP contribution in [0.2, 0.25) is 0 Å².